The van der Waals surface area contributed by atoms with Crippen LogP contribution >= 0.6 is 0 Å². The van der Waals surface area contributed by atoms with Gasteiger partial charge in [0, 0.05) is 17.3 Å². The number of nitrogens with one attached hydrogen (secondary N) is 1. The van der Waals surface area contributed by atoms with Crippen molar-refractivity contribution in [3.05, 3.63) is 84.6 Å². The van der Waals surface area contributed by atoms with Gasteiger partial charge in [-0.05, 0) is 30.7 Å². The van der Waals surface area contributed by atoms with Gasteiger partial charge in [-0.15, -0.1) is 0 Å². The SMILES string of the molecule is Cc1ccc(NS(=O)(=O)c2nc(-c3ccccc3)oc2-c2ccccc2)nc1. The van der Waals surface area contributed by atoms with Crippen molar-refractivity contribution in [2.75, 3.05) is 4.72 Å². The summed E-state index contributed by atoms with van der Waals surface area (Å²) in [6.07, 6.45) is 1.59. The Bertz CT molecular complexity index is 1190. The molecule has 28 heavy (non-hydrogen) atoms. The molecule has 0 unspecified atom stereocenters. The molecule has 0 fully saturated rings. The van der Waals surface area contributed by atoms with Gasteiger partial charge in [0.05, 0.1) is 0 Å². The standard InChI is InChI=1S/C21H17N3O3S/c1-15-12-13-18(22-14-15)24-28(25,26)21-19(16-8-4-2-5-9-16)27-20(23-21)17-10-6-3-7-11-17/h2-14H,1H3,(H,22,24). The first kappa shape index (κ1) is 17.9. The van der Waals surface area contributed by atoms with Crippen molar-refractivity contribution in [2.45, 2.75) is 11.9 Å². The Hall–Kier alpha value is -3.45. The van der Waals surface area contributed by atoms with Crippen molar-refractivity contribution in [3.63, 3.8) is 0 Å². The Morgan fingerprint density at radius 1 is 0.857 bits per heavy atom. The van der Waals surface area contributed by atoms with E-state index in [-0.39, 0.29) is 22.5 Å². The van der Waals surface area contributed by atoms with E-state index in [1.54, 1.807) is 30.5 Å². The lowest BCUT2D eigenvalue weighted by Gasteiger charge is -2.06. The fraction of sp³-hybridized carbons (Fsp3) is 0.0476. The summed E-state index contributed by atoms with van der Waals surface area (Å²) in [4.78, 5) is 8.40. The van der Waals surface area contributed by atoms with Gasteiger partial charge in [-0.2, -0.15) is 13.4 Å². The zero-order chi connectivity index (χ0) is 19.6. The molecule has 0 bridgehead atoms. The number of anilines is 1. The van der Waals surface area contributed by atoms with E-state index in [4.69, 9.17) is 4.42 Å². The topological polar surface area (TPSA) is 85.1 Å². The number of sulfonamides is 1. The van der Waals surface area contributed by atoms with E-state index in [1.807, 2.05) is 55.5 Å². The summed E-state index contributed by atoms with van der Waals surface area (Å²) in [6, 6.07) is 21.6. The van der Waals surface area contributed by atoms with Crippen molar-refractivity contribution in [3.8, 4) is 22.8 Å². The van der Waals surface area contributed by atoms with Gasteiger partial charge in [0.15, 0.2) is 5.76 Å². The van der Waals surface area contributed by atoms with Crippen molar-refractivity contribution in [1.82, 2.24) is 9.97 Å². The normalized spacial score (nSPS) is 11.3. The zero-order valence-corrected chi connectivity index (χ0v) is 15.8. The maximum atomic E-state index is 13.1. The molecule has 2 heterocycles. The van der Waals surface area contributed by atoms with Crippen LogP contribution in [0.2, 0.25) is 0 Å². The Morgan fingerprint density at radius 3 is 2.11 bits per heavy atom. The molecule has 0 amide bonds. The molecule has 4 aromatic rings. The molecule has 4 rings (SSSR count). The molecule has 1 N–H and O–H groups in total. The van der Waals surface area contributed by atoms with Crippen LogP contribution in [0.3, 0.4) is 0 Å². The van der Waals surface area contributed by atoms with Gasteiger partial charge in [0.25, 0.3) is 10.0 Å². The third-order valence-electron chi connectivity index (χ3n) is 4.06. The monoisotopic (exact) mass is 391 g/mol. The van der Waals surface area contributed by atoms with E-state index in [0.717, 1.165) is 5.56 Å². The molecule has 0 atom stereocenters. The van der Waals surface area contributed by atoms with E-state index >= 15 is 0 Å². The maximum Gasteiger partial charge on any atom is 0.284 e. The Morgan fingerprint density at radius 2 is 1.50 bits per heavy atom. The largest absolute Gasteiger partial charge is 0.435 e. The minimum absolute atomic E-state index is 0.180. The van der Waals surface area contributed by atoms with Gasteiger partial charge in [-0.3, -0.25) is 4.72 Å². The fourth-order valence-corrected chi connectivity index (χ4v) is 3.78. The molecular formula is C21H17N3O3S. The van der Waals surface area contributed by atoms with Crippen LogP contribution in [-0.2, 0) is 10.0 Å². The Kier molecular flexibility index (Phi) is 4.67. The van der Waals surface area contributed by atoms with Crippen LogP contribution < -0.4 is 4.72 Å². The number of pyridine rings is 1. The van der Waals surface area contributed by atoms with E-state index < -0.39 is 10.0 Å². The second-order valence-corrected chi connectivity index (χ2v) is 7.81. The lowest BCUT2D eigenvalue weighted by atomic mass is 10.2. The van der Waals surface area contributed by atoms with Crippen LogP contribution in [0.25, 0.3) is 22.8 Å². The number of aryl methyl sites for hydroxylation is 1. The summed E-state index contributed by atoms with van der Waals surface area (Å²) in [7, 11) is -4.01. The molecule has 0 aliphatic rings. The molecule has 0 aliphatic carbocycles. The van der Waals surface area contributed by atoms with Gasteiger partial charge in [-0.1, -0.05) is 54.6 Å². The number of hydrogen-bond acceptors (Lipinski definition) is 5. The van der Waals surface area contributed by atoms with Gasteiger partial charge in [0.2, 0.25) is 10.9 Å². The van der Waals surface area contributed by atoms with Crippen molar-refractivity contribution in [2.24, 2.45) is 0 Å². The number of nitrogens with zero attached hydrogens (tertiary/aromatic N) is 2. The molecule has 6 nitrogen and oxygen atoms in total. The van der Waals surface area contributed by atoms with E-state index in [1.165, 1.54) is 0 Å². The summed E-state index contributed by atoms with van der Waals surface area (Å²) in [5, 5.41) is -0.181. The van der Waals surface area contributed by atoms with E-state index in [9.17, 15) is 8.42 Å². The van der Waals surface area contributed by atoms with Crippen molar-refractivity contribution < 1.29 is 12.8 Å². The van der Waals surface area contributed by atoms with Crippen LogP contribution in [0.15, 0.2) is 88.4 Å². The quantitative estimate of drug-likeness (QED) is 0.541. The van der Waals surface area contributed by atoms with Crippen LogP contribution in [0.1, 0.15) is 5.56 Å². The molecule has 0 radical (unpaired) electrons. The molecule has 2 aromatic carbocycles. The fourth-order valence-electron chi connectivity index (χ4n) is 2.68. The van der Waals surface area contributed by atoms with Crippen LogP contribution in [0.5, 0.6) is 0 Å². The number of rotatable bonds is 5. The highest BCUT2D eigenvalue weighted by atomic mass is 32.2. The number of hydrogen-bond donors (Lipinski definition) is 1. The first-order valence-electron chi connectivity index (χ1n) is 8.60. The second kappa shape index (κ2) is 7.28. The van der Waals surface area contributed by atoms with Gasteiger partial charge in [0.1, 0.15) is 5.82 Å². The van der Waals surface area contributed by atoms with E-state index in [2.05, 4.69) is 14.7 Å². The number of aromatic nitrogens is 2. The third-order valence-corrected chi connectivity index (χ3v) is 5.32. The molecular weight excluding hydrogens is 374 g/mol. The van der Waals surface area contributed by atoms with Crippen LogP contribution in [0.4, 0.5) is 5.82 Å². The smallest absolute Gasteiger partial charge is 0.284 e. The first-order valence-corrected chi connectivity index (χ1v) is 10.1. The highest BCUT2D eigenvalue weighted by Crippen LogP contribution is 2.33. The van der Waals surface area contributed by atoms with Crippen molar-refractivity contribution >= 4 is 15.8 Å². The molecule has 0 spiro atoms. The van der Waals surface area contributed by atoms with Crippen molar-refractivity contribution in [1.29, 1.82) is 0 Å². The maximum absolute atomic E-state index is 13.1. The highest BCUT2D eigenvalue weighted by molar-refractivity contribution is 7.92. The Balaban J connectivity index is 1.82. The van der Waals surface area contributed by atoms with Gasteiger partial charge >= 0.3 is 0 Å². The van der Waals surface area contributed by atoms with Crippen LogP contribution in [0, 0.1) is 6.92 Å². The molecule has 0 aliphatic heterocycles. The molecule has 7 heteroatoms. The van der Waals surface area contributed by atoms with Gasteiger partial charge < -0.3 is 4.42 Å². The predicted molar refractivity (Wildman–Crippen MR) is 107 cm³/mol. The summed E-state index contributed by atoms with van der Waals surface area (Å²) in [5.41, 5.74) is 2.24. The number of oxazole rings is 1. The predicted octanol–water partition coefficient (Wildman–Crippen LogP) is 4.51. The zero-order valence-electron chi connectivity index (χ0n) is 15.0. The third kappa shape index (κ3) is 3.65. The average Bonchev–Trinajstić information content (AvgIpc) is 3.18. The lowest BCUT2D eigenvalue weighted by molar-refractivity contribution is 0.581. The Labute approximate surface area is 163 Å². The average molecular weight is 391 g/mol. The minimum atomic E-state index is -4.01. The summed E-state index contributed by atoms with van der Waals surface area (Å²) < 4.78 is 34.5. The molecule has 0 saturated heterocycles. The number of benzene rings is 2. The lowest BCUT2D eigenvalue weighted by Crippen LogP contribution is -2.15. The summed E-state index contributed by atoms with van der Waals surface area (Å²) >= 11 is 0. The van der Waals surface area contributed by atoms with Gasteiger partial charge in [-0.25, -0.2) is 4.98 Å². The van der Waals surface area contributed by atoms with Crippen LogP contribution in [-0.4, -0.2) is 18.4 Å². The second-order valence-electron chi connectivity index (χ2n) is 6.21. The highest BCUT2D eigenvalue weighted by Gasteiger charge is 2.27. The minimum Gasteiger partial charge on any atom is -0.435 e. The molecule has 2 aromatic heterocycles. The molecule has 0 saturated carbocycles. The van der Waals surface area contributed by atoms with E-state index in [0.29, 0.717) is 11.1 Å². The summed E-state index contributed by atoms with van der Waals surface area (Å²) in [6.45, 7) is 1.88. The molecule has 140 valence electrons. The first-order chi connectivity index (χ1) is 13.5. The summed E-state index contributed by atoms with van der Waals surface area (Å²) in [5.74, 6) is 0.629.